The number of aryl methyl sites for hydroxylation is 2. The lowest BCUT2D eigenvalue weighted by Crippen LogP contribution is -2.01. The fourth-order valence-electron chi connectivity index (χ4n) is 1.76. The molecule has 0 aliphatic rings. The van der Waals surface area contributed by atoms with E-state index >= 15 is 0 Å². The molecule has 6 nitrogen and oxygen atoms in total. The Bertz CT molecular complexity index is 571. The maximum atomic E-state index is 11.4. The van der Waals surface area contributed by atoms with Crippen molar-refractivity contribution in [3.63, 3.8) is 0 Å². The Morgan fingerprint density at radius 3 is 3.00 bits per heavy atom. The van der Waals surface area contributed by atoms with Crippen LogP contribution in [0.1, 0.15) is 28.8 Å². The molecule has 6 heteroatoms. The molecule has 0 atom stereocenters. The van der Waals surface area contributed by atoms with Gasteiger partial charge in [-0.15, -0.1) is 0 Å². The molecule has 0 aromatic carbocycles. The van der Waals surface area contributed by atoms with Gasteiger partial charge in [-0.25, -0.2) is 4.79 Å². The predicted molar refractivity (Wildman–Crippen MR) is 70.0 cm³/mol. The van der Waals surface area contributed by atoms with E-state index in [2.05, 4.69) is 15.2 Å². The van der Waals surface area contributed by atoms with E-state index in [1.54, 1.807) is 19.2 Å². The average molecular weight is 263 g/mol. The van der Waals surface area contributed by atoms with Crippen LogP contribution in [0, 0.1) is 6.92 Å². The highest BCUT2D eigenvalue weighted by Crippen LogP contribution is 2.17. The van der Waals surface area contributed by atoms with Gasteiger partial charge in [0.15, 0.2) is 0 Å². The number of hydrogen-bond acceptors (Lipinski definition) is 5. The Balaban J connectivity index is 2.01. The topological polar surface area (TPSA) is 69.3 Å². The van der Waals surface area contributed by atoms with Gasteiger partial charge in [0, 0.05) is 12.7 Å². The van der Waals surface area contributed by atoms with Crippen molar-refractivity contribution in [2.45, 2.75) is 26.9 Å². The summed E-state index contributed by atoms with van der Waals surface area (Å²) < 4.78 is 12.0. The number of carbonyl (C=O) groups is 1. The molecule has 2 heterocycles. The van der Waals surface area contributed by atoms with Crippen LogP contribution in [0.4, 0.5) is 5.69 Å². The summed E-state index contributed by atoms with van der Waals surface area (Å²) in [4.78, 5) is 11.4. The number of nitrogens with one attached hydrogen (secondary N) is 1. The Morgan fingerprint density at radius 1 is 1.58 bits per heavy atom. The third-order valence-corrected chi connectivity index (χ3v) is 2.80. The molecule has 19 heavy (non-hydrogen) atoms. The van der Waals surface area contributed by atoms with Crippen LogP contribution in [-0.4, -0.2) is 22.9 Å². The number of esters is 1. The number of aromatic nitrogens is 2. The highest BCUT2D eigenvalue weighted by atomic mass is 16.5. The quantitative estimate of drug-likeness (QED) is 0.837. The number of methoxy groups -OCH3 is 1. The molecule has 0 bridgehead atoms. The molecule has 0 unspecified atom stereocenters. The molecule has 2 aromatic heterocycles. The fourth-order valence-corrected chi connectivity index (χ4v) is 1.76. The predicted octanol–water partition coefficient (Wildman–Crippen LogP) is 2.20. The lowest BCUT2D eigenvalue weighted by Gasteiger charge is -1.99. The molecule has 2 aromatic rings. The number of nitrogens with zero attached hydrogens (tertiary/aromatic N) is 2. The van der Waals surface area contributed by atoms with E-state index in [0.717, 1.165) is 12.2 Å². The first-order valence-electron chi connectivity index (χ1n) is 6.08. The normalized spacial score (nSPS) is 10.5. The van der Waals surface area contributed by atoms with Gasteiger partial charge in [-0.1, -0.05) is 0 Å². The Labute approximate surface area is 111 Å². The number of rotatable bonds is 5. The minimum Gasteiger partial charge on any atom is -0.465 e. The second-order valence-corrected chi connectivity index (χ2v) is 4.11. The summed E-state index contributed by atoms with van der Waals surface area (Å²) in [5.74, 6) is 0.862. The summed E-state index contributed by atoms with van der Waals surface area (Å²) in [6.07, 6.45) is 3.66. The molecule has 102 valence electrons. The van der Waals surface area contributed by atoms with E-state index in [-0.39, 0.29) is 5.97 Å². The van der Waals surface area contributed by atoms with E-state index in [1.165, 1.54) is 7.11 Å². The summed E-state index contributed by atoms with van der Waals surface area (Å²) in [7, 11) is 1.35. The van der Waals surface area contributed by atoms with Gasteiger partial charge in [-0.05, 0) is 19.9 Å². The molecule has 0 amide bonds. The maximum Gasteiger partial charge on any atom is 0.341 e. The van der Waals surface area contributed by atoms with Gasteiger partial charge in [-0.2, -0.15) is 5.10 Å². The van der Waals surface area contributed by atoms with Gasteiger partial charge in [0.2, 0.25) is 0 Å². The minimum atomic E-state index is -0.383. The third-order valence-electron chi connectivity index (χ3n) is 2.80. The minimum absolute atomic E-state index is 0.383. The van der Waals surface area contributed by atoms with Crippen LogP contribution in [0.5, 0.6) is 0 Å². The van der Waals surface area contributed by atoms with Crippen molar-refractivity contribution < 1.29 is 13.9 Å². The van der Waals surface area contributed by atoms with E-state index in [4.69, 9.17) is 4.42 Å². The number of hydrogen-bond donors (Lipinski definition) is 1. The SMILES string of the molecule is CCn1cc(NCc2cc(C(=O)OC)c(C)o2)cn1. The van der Waals surface area contributed by atoms with E-state index < -0.39 is 0 Å². The van der Waals surface area contributed by atoms with E-state index in [0.29, 0.717) is 23.6 Å². The molecule has 0 saturated heterocycles. The second kappa shape index (κ2) is 5.60. The standard InChI is InChI=1S/C13H17N3O3/c1-4-16-8-10(6-15-16)14-7-11-5-12(9(2)19-11)13(17)18-3/h5-6,8,14H,4,7H2,1-3H3. The van der Waals surface area contributed by atoms with Gasteiger partial charge >= 0.3 is 5.97 Å². The maximum absolute atomic E-state index is 11.4. The zero-order valence-corrected chi connectivity index (χ0v) is 11.3. The van der Waals surface area contributed by atoms with E-state index in [1.807, 2.05) is 17.8 Å². The van der Waals surface area contributed by atoms with Gasteiger partial charge in [0.05, 0.1) is 25.5 Å². The van der Waals surface area contributed by atoms with Crippen LogP contribution in [0.2, 0.25) is 0 Å². The van der Waals surface area contributed by atoms with Gasteiger partial charge in [-0.3, -0.25) is 4.68 Å². The highest BCUT2D eigenvalue weighted by molar-refractivity contribution is 5.90. The summed E-state index contributed by atoms with van der Waals surface area (Å²) in [5.41, 5.74) is 1.37. The zero-order chi connectivity index (χ0) is 13.8. The monoisotopic (exact) mass is 263 g/mol. The molecule has 0 fully saturated rings. The largest absolute Gasteiger partial charge is 0.465 e. The van der Waals surface area contributed by atoms with Crippen LogP contribution >= 0.6 is 0 Å². The molecular formula is C13H17N3O3. The summed E-state index contributed by atoms with van der Waals surface area (Å²) in [6, 6.07) is 1.69. The van der Waals surface area contributed by atoms with Crippen LogP contribution in [0.15, 0.2) is 22.9 Å². The molecule has 0 aliphatic heterocycles. The van der Waals surface area contributed by atoms with Crippen molar-refractivity contribution >= 4 is 11.7 Å². The van der Waals surface area contributed by atoms with Gasteiger partial charge in [0.1, 0.15) is 17.1 Å². The van der Waals surface area contributed by atoms with Crippen LogP contribution in [0.25, 0.3) is 0 Å². The molecular weight excluding hydrogens is 246 g/mol. The highest BCUT2D eigenvalue weighted by Gasteiger charge is 2.15. The lowest BCUT2D eigenvalue weighted by molar-refractivity contribution is 0.0599. The third kappa shape index (κ3) is 2.96. The molecule has 0 saturated carbocycles. The number of anilines is 1. The number of furan rings is 1. The van der Waals surface area contributed by atoms with Crippen molar-refractivity contribution in [3.05, 3.63) is 35.5 Å². The first-order valence-corrected chi connectivity index (χ1v) is 6.08. The van der Waals surface area contributed by atoms with E-state index in [9.17, 15) is 4.79 Å². The average Bonchev–Trinajstić information content (AvgIpc) is 3.01. The van der Waals surface area contributed by atoms with Crippen molar-refractivity contribution in [1.82, 2.24) is 9.78 Å². The molecule has 0 radical (unpaired) electrons. The molecule has 0 aliphatic carbocycles. The molecule has 2 rings (SSSR count). The lowest BCUT2D eigenvalue weighted by atomic mass is 10.2. The zero-order valence-electron chi connectivity index (χ0n) is 11.3. The van der Waals surface area contributed by atoms with Crippen molar-refractivity contribution in [1.29, 1.82) is 0 Å². The Morgan fingerprint density at radius 2 is 2.37 bits per heavy atom. The second-order valence-electron chi connectivity index (χ2n) is 4.11. The Kier molecular flexibility index (Phi) is 3.89. The summed E-state index contributed by atoms with van der Waals surface area (Å²) in [6.45, 7) is 5.08. The number of carbonyl (C=O) groups excluding carboxylic acids is 1. The first-order chi connectivity index (χ1) is 9.13. The summed E-state index contributed by atoms with van der Waals surface area (Å²) >= 11 is 0. The molecule has 0 spiro atoms. The van der Waals surface area contributed by atoms with Crippen LogP contribution < -0.4 is 5.32 Å². The van der Waals surface area contributed by atoms with Gasteiger partial charge < -0.3 is 14.5 Å². The fraction of sp³-hybridized carbons (Fsp3) is 0.385. The number of ether oxygens (including phenoxy) is 1. The van der Waals surface area contributed by atoms with Crippen molar-refractivity contribution in [2.75, 3.05) is 12.4 Å². The summed E-state index contributed by atoms with van der Waals surface area (Å²) in [5, 5.41) is 7.34. The smallest absolute Gasteiger partial charge is 0.341 e. The first kappa shape index (κ1) is 13.2. The van der Waals surface area contributed by atoms with Crippen LogP contribution in [-0.2, 0) is 17.8 Å². The van der Waals surface area contributed by atoms with Crippen molar-refractivity contribution in [2.24, 2.45) is 0 Å². The Hall–Kier alpha value is -2.24. The van der Waals surface area contributed by atoms with Crippen LogP contribution in [0.3, 0.4) is 0 Å². The van der Waals surface area contributed by atoms with Gasteiger partial charge in [0.25, 0.3) is 0 Å². The molecule has 1 N–H and O–H groups in total. The van der Waals surface area contributed by atoms with Crippen molar-refractivity contribution in [3.8, 4) is 0 Å².